The molecule has 1 fully saturated rings. The number of amides is 2. The fourth-order valence-corrected chi connectivity index (χ4v) is 3.09. The van der Waals surface area contributed by atoms with Gasteiger partial charge in [0.05, 0.1) is 17.2 Å². The molecule has 1 aliphatic carbocycles. The molecule has 3 N–H and O–H groups in total. The van der Waals surface area contributed by atoms with Gasteiger partial charge in [0.2, 0.25) is 0 Å². The molecule has 1 aromatic carbocycles. The molecule has 1 aromatic rings. The Balaban J connectivity index is 1.65. The maximum atomic E-state index is 11.8. The lowest BCUT2D eigenvalue weighted by atomic mass is 9.85. The standard InChI is InChI=1S/C17H25ClN2O3/c1-13-6-5-7-14(18)15(13)23-11-10-19-16(21)20-12-17(22)8-3-2-4-9-17/h5-7,22H,2-4,8-12H2,1H3,(H2,19,20,21). The molecule has 0 atom stereocenters. The largest absolute Gasteiger partial charge is 0.490 e. The van der Waals surface area contributed by atoms with Crippen molar-refractivity contribution >= 4 is 17.6 Å². The third-order valence-corrected chi connectivity index (χ3v) is 4.46. The van der Waals surface area contributed by atoms with Crippen LogP contribution in [0.25, 0.3) is 0 Å². The number of aliphatic hydroxyl groups is 1. The molecule has 6 heteroatoms. The van der Waals surface area contributed by atoms with Crippen molar-refractivity contribution in [1.29, 1.82) is 0 Å². The first-order chi connectivity index (χ1) is 11.0. The van der Waals surface area contributed by atoms with Crippen molar-refractivity contribution in [2.24, 2.45) is 0 Å². The number of carbonyl (C=O) groups excluding carboxylic acids is 1. The summed E-state index contributed by atoms with van der Waals surface area (Å²) in [6.07, 6.45) is 4.70. The van der Waals surface area contributed by atoms with E-state index in [1.54, 1.807) is 6.07 Å². The molecule has 128 valence electrons. The lowest BCUT2D eigenvalue weighted by Crippen LogP contribution is -2.47. The fraction of sp³-hybridized carbons (Fsp3) is 0.588. The van der Waals surface area contributed by atoms with Crippen LogP contribution in [-0.4, -0.2) is 36.4 Å². The van der Waals surface area contributed by atoms with Crippen molar-refractivity contribution in [2.75, 3.05) is 19.7 Å². The molecule has 1 saturated carbocycles. The number of para-hydroxylation sites is 1. The summed E-state index contributed by atoms with van der Waals surface area (Å²) in [5.41, 5.74) is 0.210. The Hall–Kier alpha value is -1.46. The lowest BCUT2D eigenvalue weighted by Gasteiger charge is -2.32. The van der Waals surface area contributed by atoms with Crippen LogP contribution in [0.4, 0.5) is 4.79 Å². The van der Waals surface area contributed by atoms with Crippen LogP contribution >= 0.6 is 11.6 Å². The number of nitrogens with one attached hydrogen (secondary N) is 2. The average Bonchev–Trinajstić information content (AvgIpc) is 2.52. The highest BCUT2D eigenvalue weighted by atomic mass is 35.5. The summed E-state index contributed by atoms with van der Waals surface area (Å²) in [5, 5.41) is 16.3. The van der Waals surface area contributed by atoms with Crippen molar-refractivity contribution < 1.29 is 14.6 Å². The Labute approximate surface area is 142 Å². The molecule has 0 unspecified atom stereocenters. The maximum absolute atomic E-state index is 11.8. The van der Waals surface area contributed by atoms with Gasteiger partial charge in [-0.1, -0.05) is 43.0 Å². The van der Waals surface area contributed by atoms with E-state index in [1.807, 2.05) is 19.1 Å². The summed E-state index contributed by atoms with van der Waals surface area (Å²) in [4.78, 5) is 11.8. The van der Waals surface area contributed by atoms with Gasteiger partial charge in [0.15, 0.2) is 0 Å². The predicted molar refractivity (Wildman–Crippen MR) is 91.1 cm³/mol. The van der Waals surface area contributed by atoms with E-state index in [0.29, 0.717) is 30.5 Å². The Bertz CT molecular complexity index is 510. The maximum Gasteiger partial charge on any atom is 0.315 e. The number of carbonyl (C=O) groups is 1. The quantitative estimate of drug-likeness (QED) is 0.697. The van der Waals surface area contributed by atoms with Gasteiger partial charge >= 0.3 is 6.03 Å². The Morgan fingerprint density at radius 3 is 2.74 bits per heavy atom. The molecule has 2 rings (SSSR count). The second kappa shape index (κ2) is 8.41. The summed E-state index contributed by atoms with van der Waals surface area (Å²) in [6, 6.07) is 5.27. The molecule has 0 aromatic heterocycles. The summed E-state index contributed by atoms with van der Waals surface area (Å²) in [5.74, 6) is 0.646. The number of hydrogen-bond acceptors (Lipinski definition) is 3. The number of urea groups is 1. The molecule has 5 nitrogen and oxygen atoms in total. The fourth-order valence-electron chi connectivity index (χ4n) is 2.81. The van der Waals surface area contributed by atoms with Crippen molar-refractivity contribution in [1.82, 2.24) is 10.6 Å². The highest BCUT2D eigenvalue weighted by Gasteiger charge is 2.29. The van der Waals surface area contributed by atoms with Crippen LogP contribution in [0, 0.1) is 6.92 Å². The lowest BCUT2D eigenvalue weighted by molar-refractivity contribution is 0.00719. The SMILES string of the molecule is Cc1cccc(Cl)c1OCCNC(=O)NCC1(O)CCCCC1. The third kappa shape index (κ3) is 5.59. The zero-order valence-electron chi connectivity index (χ0n) is 13.5. The molecular weight excluding hydrogens is 316 g/mol. The van der Waals surface area contributed by atoms with Crippen LogP contribution in [0.5, 0.6) is 5.75 Å². The van der Waals surface area contributed by atoms with Crippen LogP contribution in [0.1, 0.15) is 37.7 Å². The third-order valence-electron chi connectivity index (χ3n) is 4.16. The monoisotopic (exact) mass is 340 g/mol. The predicted octanol–water partition coefficient (Wildman–Crippen LogP) is 3.02. The van der Waals surface area contributed by atoms with E-state index in [0.717, 1.165) is 37.7 Å². The normalized spacial score (nSPS) is 16.7. The molecule has 23 heavy (non-hydrogen) atoms. The number of rotatable bonds is 6. The first-order valence-corrected chi connectivity index (χ1v) is 8.50. The van der Waals surface area contributed by atoms with Crippen molar-refractivity contribution in [3.8, 4) is 5.75 Å². The summed E-state index contributed by atoms with van der Waals surface area (Å²) in [7, 11) is 0. The topological polar surface area (TPSA) is 70.6 Å². The number of halogens is 1. The van der Waals surface area contributed by atoms with Crippen molar-refractivity contribution in [3.05, 3.63) is 28.8 Å². The van der Waals surface area contributed by atoms with Crippen LogP contribution in [0.3, 0.4) is 0 Å². The molecule has 0 saturated heterocycles. The molecule has 0 bridgehead atoms. The second-order valence-electron chi connectivity index (χ2n) is 6.13. The van der Waals surface area contributed by atoms with Gasteiger partial charge in [-0.3, -0.25) is 0 Å². The van der Waals surface area contributed by atoms with Gasteiger partial charge in [-0.15, -0.1) is 0 Å². The van der Waals surface area contributed by atoms with Crippen molar-refractivity contribution in [3.63, 3.8) is 0 Å². The highest BCUT2D eigenvalue weighted by Crippen LogP contribution is 2.28. The van der Waals surface area contributed by atoms with E-state index in [4.69, 9.17) is 16.3 Å². The first kappa shape index (κ1) is 17.9. The highest BCUT2D eigenvalue weighted by molar-refractivity contribution is 6.32. The smallest absolute Gasteiger partial charge is 0.315 e. The van der Waals surface area contributed by atoms with E-state index in [-0.39, 0.29) is 6.03 Å². The number of hydrogen-bond donors (Lipinski definition) is 3. The number of ether oxygens (including phenoxy) is 1. The van der Waals surface area contributed by atoms with Crippen molar-refractivity contribution in [2.45, 2.75) is 44.6 Å². The van der Waals surface area contributed by atoms with Crippen LogP contribution in [0.15, 0.2) is 18.2 Å². The molecular formula is C17H25ClN2O3. The van der Waals surface area contributed by atoms with Gasteiger partial charge in [-0.05, 0) is 31.4 Å². The van der Waals surface area contributed by atoms with Crippen LogP contribution < -0.4 is 15.4 Å². The van der Waals surface area contributed by atoms with Gasteiger partial charge in [0.1, 0.15) is 12.4 Å². The van der Waals surface area contributed by atoms with E-state index in [9.17, 15) is 9.90 Å². The molecule has 0 spiro atoms. The van der Waals surface area contributed by atoms with Gasteiger partial charge in [0.25, 0.3) is 0 Å². The van der Waals surface area contributed by atoms with Gasteiger partial charge in [-0.2, -0.15) is 0 Å². The zero-order valence-corrected chi connectivity index (χ0v) is 14.3. The molecule has 2 amide bonds. The number of aryl methyl sites for hydroxylation is 1. The average molecular weight is 341 g/mol. The minimum Gasteiger partial charge on any atom is -0.490 e. The zero-order chi connectivity index (χ0) is 16.7. The summed E-state index contributed by atoms with van der Waals surface area (Å²) < 4.78 is 5.61. The molecule has 0 aliphatic heterocycles. The molecule has 1 aliphatic rings. The summed E-state index contributed by atoms with van der Waals surface area (Å²) >= 11 is 6.07. The Morgan fingerprint density at radius 1 is 1.30 bits per heavy atom. The molecule has 0 radical (unpaired) electrons. The van der Waals surface area contributed by atoms with Gasteiger partial charge < -0.3 is 20.5 Å². The molecule has 0 heterocycles. The minimum atomic E-state index is -0.749. The van der Waals surface area contributed by atoms with Gasteiger partial charge in [-0.25, -0.2) is 4.79 Å². The number of benzene rings is 1. The van der Waals surface area contributed by atoms with Crippen LogP contribution in [-0.2, 0) is 0 Å². The van der Waals surface area contributed by atoms with E-state index >= 15 is 0 Å². The van der Waals surface area contributed by atoms with Crippen LogP contribution in [0.2, 0.25) is 5.02 Å². The second-order valence-corrected chi connectivity index (χ2v) is 6.54. The summed E-state index contributed by atoms with van der Waals surface area (Å²) in [6.45, 7) is 2.92. The van der Waals surface area contributed by atoms with Gasteiger partial charge in [0, 0.05) is 6.54 Å². The van der Waals surface area contributed by atoms with E-state index < -0.39 is 5.60 Å². The first-order valence-electron chi connectivity index (χ1n) is 8.12. The Kier molecular flexibility index (Phi) is 6.54. The minimum absolute atomic E-state index is 0.288. The van der Waals surface area contributed by atoms with E-state index in [2.05, 4.69) is 10.6 Å². The van der Waals surface area contributed by atoms with E-state index in [1.165, 1.54) is 0 Å². The Morgan fingerprint density at radius 2 is 2.04 bits per heavy atom.